The van der Waals surface area contributed by atoms with E-state index in [1.54, 1.807) is 0 Å². The number of hydrogen-bond acceptors (Lipinski definition) is 1. The van der Waals surface area contributed by atoms with Gasteiger partial charge in [-0.05, 0) is 24.5 Å². The van der Waals surface area contributed by atoms with Crippen LogP contribution in [0, 0.1) is 12.3 Å². The molecule has 1 atom stereocenters. The topological polar surface area (TPSA) is 26.0 Å². The predicted octanol–water partition coefficient (Wildman–Crippen LogP) is 3.99. The van der Waals surface area contributed by atoms with Crippen molar-refractivity contribution in [3.05, 3.63) is 71.8 Å². The normalized spacial score (nSPS) is 15.4. The number of nitrogens with two attached hydrogens (primary N) is 1. The van der Waals surface area contributed by atoms with Crippen LogP contribution in [0.2, 0.25) is 0 Å². The molecule has 0 aliphatic carbocycles. The fraction of sp³-hybridized carbons (Fsp3) is 0.263. The number of allylic oxidation sites excluding steroid dienone is 5. The highest BCUT2D eigenvalue weighted by atomic mass is 14.5. The van der Waals surface area contributed by atoms with Crippen molar-refractivity contribution in [2.75, 3.05) is 6.54 Å². The van der Waals surface area contributed by atoms with Crippen LogP contribution < -0.4 is 5.73 Å². The third kappa shape index (κ3) is 3.98. The van der Waals surface area contributed by atoms with Crippen LogP contribution in [0.3, 0.4) is 0 Å². The first-order valence-corrected chi connectivity index (χ1v) is 6.96. The van der Waals surface area contributed by atoms with Crippen molar-refractivity contribution in [3.63, 3.8) is 0 Å². The summed E-state index contributed by atoms with van der Waals surface area (Å²) in [5.74, 6) is 2.95. The van der Waals surface area contributed by atoms with Crippen LogP contribution in [-0.2, 0) is 5.41 Å². The fourth-order valence-corrected chi connectivity index (χ4v) is 1.99. The summed E-state index contributed by atoms with van der Waals surface area (Å²) in [5.41, 5.74) is 7.27. The van der Waals surface area contributed by atoms with E-state index < -0.39 is 5.41 Å². The molecule has 0 bridgehead atoms. The van der Waals surface area contributed by atoms with Gasteiger partial charge in [0.15, 0.2) is 0 Å². The van der Waals surface area contributed by atoms with Gasteiger partial charge in [-0.15, -0.1) is 6.42 Å². The van der Waals surface area contributed by atoms with Crippen LogP contribution in [0.15, 0.2) is 66.3 Å². The van der Waals surface area contributed by atoms with Gasteiger partial charge in [-0.3, -0.25) is 0 Å². The minimum atomic E-state index is -0.439. The highest BCUT2D eigenvalue weighted by molar-refractivity contribution is 5.49. The van der Waals surface area contributed by atoms with Gasteiger partial charge < -0.3 is 5.73 Å². The molecule has 2 N–H and O–H groups in total. The lowest BCUT2D eigenvalue weighted by Gasteiger charge is -2.26. The van der Waals surface area contributed by atoms with Gasteiger partial charge in [-0.2, -0.15) is 0 Å². The summed E-state index contributed by atoms with van der Waals surface area (Å²) in [6.07, 6.45) is 17.0. The zero-order valence-corrected chi connectivity index (χ0v) is 12.3. The fourth-order valence-electron chi connectivity index (χ4n) is 1.99. The molecule has 1 aromatic rings. The van der Waals surface area contributed by atoms with E-state index in [4.69, 9.17) is 12.2 Å². The molecule has 0 fully saturated rings. The summed E-state index contributed by atoms with van der Waals surface area (Å²) in [6.45, 7) is 4.71. The van der Waals surface area contributed by atoms with Gasteiger partial charge in [0.05, 0.1) is 5.41 Å². The highest BCUT2D eigenvalue weighted by Crippen LogP contribution is 2.32. The first kappa shape index (κ1) is 16.0. The summed E-state index contributed by atoms with van der Waals surface area (Å²) in [4.78, 5) is 0. The molecule has 0 spiro atoms. The van der Waals surface area contributed by atoms with E-state index >= 15 is 0 Å². The molecule has 0 heterocycles. The number of benzene rings is 1. The maximum absolute atomic E-state index is 5.84. The van der Waals surface area contributed by atoms with E-state index in [-0.39, 0.29) is 0 Å². The second kappa shape index (κ2) is 8.19. The molecule has 1 nitrogen and oxygen atoms in total. The smallest absolute Gasteiger partial charge is 0.0780 e. The minimum Gasteiger partial charge on any atom is -0.327 e. The Morgan fingerprint density at radius 1 is 1.30 bits per heavy atom. The van der Waals surface area contributed by atoms with Gasteiger partial charge in [-0.25, -0.2) is 0 Å². The third-order valence-electron chi connectivity index (χ3n) is 3.30. The van der Waals surface area contributed by atoms with Crippen molar-refractivity contribution in [1.82, 2.24) is 0 Å². The molecule has 0 aliphatic rings. The summed E-state index contributed by atoms with van der Waals surface area (Å²) >= 11 is 0. The van der Waals surface area contributed by atoms with Crippen molar-refractivity contribution >= 4 is 0 Å². The Bertz CT molecular complexity index is 529. The first-order valence-electron chi connectivity index (χ1n) is 6.96. The molecule has 0 amide bonds. The van der Waals surface area contributed by atoms with Gasteiger partial charge in [0.25, 0.3) is 0 Å². The van der Waals surface area contributed by atoms with Crippen molar-refractivity contribution in [3.8, 4) is 12.3 Å². The summed E-state index contributed by atoms with van der Waals surface area (Å²) in [6, 6.07) is 10.2. The third-order valence-corrected chi connectivity index (χ3v) is 3.30. The maximum atomic E-state index is 5.84. The molecular weight excluding hydrogens is 242 g/mol. The Balaban J connectivity index is 3.28. The molecule has 1 aromatic carbocycles. The maximum Gasteiger partial charge on any atom is 0.0780 e. The summed E-state index contributed by atoms with van der Waals surface area (Å²) in [5, 5.41) is 0. The van der Waals surface area contributed by atoms with Crippen LogP contribution in [0.25, 0.3) is 0 Å². The van der Waals surface area contributed by atoms with Crippen molar-refractivity contribution in [2.45, 2.75) is 25.7 Å². The van der Waals surface area contributed by atoms with Crippen LogP contribution in [-0.4, -0.2) is 6.54 Å². The number of hydrogen-bond donors (Lipinski definition) is 1. The molecule has 0 aromatic heterocycles. The van der Waals surface area contributed by atoms with Crippen molar-refractivity contribution in [1.29, 1.82) is 0 Å². The average molecular weight is 265 g/mol. The van der Waals surface area contributed by atoms with E-state index in [1.165, 1.54) is 0 Å². The standard InChI is InChI=1S/C19H23N/c1-4-6-12-17(15-10-11-16-20)19(3,5-2)18-13-8-7-9-14-18/h2,6-15H,4,16,20H2,1,3H3/b11-10-,12-6-,17-15+. The highest BCUT2D eigenvalue weighted by Gasteiger charge is 2.26. The van der Waals surface area contributed by atoms with Crippen molar-refractivity contribution < 1.29 is 0 Å². The Kier molecular flexibility index (Phi) is 6.56. The van der Waals surface area contributed by atoms with Crippen LogP contribution in [0.4, 0.5) is 0 Å². The van der Waals surface area contributed by atoms with E-state index in [9.17, 15) is 0 Å². The van der Waals surface area contributed by atoms with E-state index in [2.05, 4.69) is 44.1 Å². The second-order valence-electron chi connectivity index (χ2n) is 4.73. The van der Waals surface area contributed by atoms with Gasteiger partial charge in [-0.1, -0.05) is 73.6 Å². The molecular formula is C19H23N. The Morgan fingerprint density at radius 3 is 2.55 bits per heavy atom. The van der Waals surface area contributed by atoms with Crippen LogP contribution in [0.1, 0.15) is 25.8 Å². The van der Waals surface area contributed by atoms with E-state index in [1.807, 2.05) is 36.4 Å². The minimum absolute atomic E-state index is 0.439. The Labute approximate surface area is 122 Å². The largest absolute Gasteiger partial charge is 0.327 e. The zero-order chi connectivity index (χ0) is 14.8. The lowest BCUT2D eigenvalue weighted by Crippen LogP contribution is -2.21. The van der Waals surface area contributed by atoms with Crippen LogP contribution in [0.5, 0.6) is 0 Å². The SMILES string of the molecule is C#CC(C)(C(/C=C\CC)=C/C=C\CN)c1ccccc1. The predicted molar refractivity (Wildman–Crippen MR) is 88.3 cm³/mol. The quantitative estimate of drug-likeness (QED) is 0.611. The van der Waals surface area contributed by atoms with Crippen molar-refractivity contribution in [2.24, 2.45) is 5.73 Å². The molecule has 1 unspecified atom stereocenters. The lowest BCUT2D eigenvalue weighted by molar-refractivity contribution is 0.752. The van der Waals surface area contributed by atoms with Gasteiger partial charge in [0, 0.05) is 6.54 Å². The molecule has 0 saturated heterocycles. The van der Waals surface area contributed by atoms with Gasteiger partial charge >= 0.3 is 0 Å². The monoisotopic (exact) mass is 265 g/mol. The number of rotatable bonds is 6. The van der Waals surface area contributed by atoms with E-state index in [0.717, 1.165) is 17.6 Å². The molecule has 20 heavy (non-hydrogen) atoms. The van der Waals surface area contributed by atoms with E-state index in [0.29, 0.717) is 6.54 Å². The molecule has 1 rings (SSSR count). The Morgan fingerprint density at radius 2 is 2.00 bits per heavy atom. The van der Waals surface area contributed by atoms with Gasteiger partial charge in [0.2, 0.25) is 0 Å². The molecule has 1 heteroatoms. The summed E-state index contributed by atoms with van der Waals surface area (Å²) < 4.78 is 0. The van der Waals surface area contributed by atoms with Gasteiger partial charge in [0.1, 0.15) is 0 Å². The zero-order valence-electron chi connectivity index (χ0n) is 12.3. The number of terminal acetylenes is 1. The first-order chi connectivity index (χ1) is 9.69. The second-order valence-corrected chi connectivity index (χ2v) is 4.73. The lowest BCUT2D eigenvalue weighted by atomic mass is 9.76. The van der Waals surface area contributed by atoms with Crippen LogP contribution >= 0.6 is 0 Å². The molecule has 104 valence electrons. The molecule has 0 aliphatic heterocycles. The summed E-state index contributed by atoms with van der Waals surface area (Å²) in [7, 11) is 0. The molecule has 0 radical (unpaired) electrons. The average Bonchev–Trinajstić information content (AvgIpc) is 2.51. The molecule has 0 saturated carbocycles. The Hall–Kier alpha value is -2.04.